The van der Waals surface area contributed by atoms with Gasteiger partial charge in [0, 0.05) is 11.8 Å². The van der Waals surface area contributed by atoms with Crippen LogP contribution >= 0.6 is 0 Å². The lowest BCUT2D eigenvalue weighted by molar-refractivity contribution is -0.173. The van der Waals surface area contributed by atoms with Crippen molar-refractivity contribution in [3.05, 3.63) is 0 Å². The number of fused-ring (bicyclic) bond motifs is 5. The van der Waals surface area contributed by atoms with Crippen LogP contribution in [0.25, 0.3) is 0 Å². The topological polar surface area (TPSA) is 63.3 Å². The van der Waals surface area contributed by atoms with Crippen molar-refractivity contribution in [1.82, 2.24) is 0 Å². The molecule has 0 aromatic carbocycles. The van der Waals surface area contributed by atoms with Crippen molar-refractivity contribution in [1.29, 1.82) is 0 Å². The molecule has 0 aliphatic heterocycles. The molecular formula is C25H43NO2. The molecule has 3 unspecified atom stereocenters. The van der Waals surface area contributed by atoms with Gasteiger partial charge in [0.05, 0.1) is 6.10 Å². The molecule has 4 aliphatic rings. The molecule has 4 rings (SSSR count). The molecule has 0 bridgehead atoms. The Morgan fingerprint density at radius 2 is 1.75 bits per heavy atom. The van der Waals surface area contributed by atoms with Crippen LogP contribution in [0.4, 0.5) is 0 Å². The summed E-state index contributed by atoms with van der Waals surface area (Å²) in [6.07, 6.45) is 9.79. The van der Waals surface area contributed by atoms with Gasteiger partial charge in [-0.25, -0.2) is 0 Å². The Labute approximate surface area is 172 Å². The first-order valence-electron chi connectivity index (χ1n) is 12.2. The van der Waals surface area contributed by atoms with Crippen LogP contribution in [-0.4, -0.2) is 23.5 Å². The number of aliphatic hydroxyl groups excluding tert-OH is 1. The minimum absolute atomic E-state index is 0.170. The van der Waals surface area contributed by atoms with Gasteiger partial charge in [0.25, 0.3) is 0 Å². The molecule has 0 heterocycles. The van der Waals surface area contributed by atoms with Gasteiger partial charge >= 0.3 is 0 Å². The van der Waals surface area contributed by atoms with E-state index in [9.17, 15) is 9.90 Å². The lowest BCUT2D eigenvalue weighted by Crippen LogP contribution is -2.60. The van der Waals surface area contributed by atoms with Gasteiger partial charge in [-0.2, -0.15) is 0 Å². The number of carbonyl (C=O) groups excluding carboxylic acids is 1. The second-order valence-corrected chi connectivity index (χ2v) is 11.5. The minimum atomic E-state index is -0.196. The average Bonchev–Trinajstić information content (AvgIpc) is 3.01. The third-order valence-corrected chi connectivity index (χ3v) is 10.5. The second-order valence-electron chi connectivity index (χ2n) is 11.5. The Balaban J connectivity index is 1.68. The summed E-state index contributed by atoms with van der Waals surface area (Å²) in [6, 6.07) is 0. The first-order chi connectivity index (χ1) is 13.3. The zero-order chi connectivity index (χ0) is 20.3. The quantitative estimate of drug-likeness (QED) is 0.725. The molecule has 4 fully saturated rings. The van der Waals surface area contributed by atoms with E-state index in [1.807, 2.05) is 0 Å². The number of hydrogen-bond acceptors (Lipinski definition) is 3. The van der Waals surface area contributed by atoms with E-state index in [-0.39, 0.29) is 23.4 Å². The fourth-order valence-electron chi connectivity index (χ4n) is 9.07. The fraction of sp³-hybridized carbons (Fsp3) is 0.960. The summed E-state index contributed by atoms with van der Waals surface area (Å²) in [4.78, 5) is 13.9. The molecule has 4 saturated carbocycles. The fourth-order valence-corrected chi connectivity index (χ4v) is 9.07. The molecule has 0 amide bonds. The molecule has 0 radical (unpaired) electrons. The van der Waals surface area contributed by atoms with Gasteiger partial charge in [-0.3, -0.25) is 4.79 Å². The zero-order valence-electron chi connectivity index (χ0n) is 18.6. The summed E-state index contributed by atoms with van der Waals surface area (Å²) in [5.74, 6) is 3.93. The van der Waals surface area contributed by atoms with E-state index in [2.05, 4.69) is 27.7 Å². The molecule has 0 spiro atoms. The highest BCUT2D eigenvalue weighted by Gasteiger charge is 2.64. The Bertz CT molecular complexity index is 605. The van der Waals surface area contributed by atoms with Gasteiger partial charge in [0.2, 0.25) is 0 Å². The number of nitrogens with two attached hydrogens (primary N) is 1. The number of aliphatic hydroxyl groups is 1. The van der Waals surface area contributed by atoms with Crippen LogP contribution in [0.1, 0.15) is 85.5 Å². The molecule has 10 atom stereocenters. The lowest BCUT2D eigenvalue weighted by atomic mass is 9.42. The van der Waals surface area contributed by atoms with Crippen molar-refractivity contribution in [3.8, 4) is 0 Å². The number of ketones is 1. The van der Waals surface area contributed by atoms with E-state index in [4.69, 9.17) is 5.73 Å². The Morgan fingerprint density at radius 1 is 1.07 bits per heavy atom. The smallest absolute Gasteiger partial charge is 0.139 e. The number of hydrogen-bond donors (Lipinski definition) is 2. The highest BCUT2D eigenvalue weighted by Crippen LogP contribution is 2.68. The number of Topliss-reactive ketones (excluding diaryl/α,β-unsaturated/α-hetero) is 1. The zero-order valence-corrected chi connectivity index (χ0v) is 18.6. The van der Waals surface area contributed by atoms with Crippen LogP contribution < -0.4 is 5.73 Å². The molecule has 0 aromatic heterocycles. The maximum Gasteiger partial charge on any atom is 0.139 e. The second kappa shape index (κ2) is 7.38. The summed E-state index contributed by atoms with van der Waals surface area (Å²) in [5.41, 5.74) is 6.47. The monoisotopic (exact) mass is 389 g/mol. The summed E-state index contributed by atoms with van der Waals surface area (Å²) in [7, 11) is 0. The Hall–Kier alpha value is -0.410. The molecule has 3 nitrogen and oxygen atoms in total. The van der Waals surface area contributed by atoms with Crippen molar-refractivity contribution < 1.29 is 9.90 Å². The number of carbonyl (C=O) groups is 1. The molecule has 0 aromatic rings. The number of rotatable bonds is 4. The van der Waals surface area contributed by atoms with Crippen LogP contribution in [0, 0.1) is 52.3 Å². The third-order valence-electron chi connectivity index (χ3n) is 10.5. The van der Waals surface area contributed by atoms with E-state index >= 15 is 0 Å². The molecule has 4 aliphatic carbocycles. The van der Waals surface area contributed by atoms with Gasteiger partial charge in [0.15, 0.2) is 0 Å². The first kappa shape index (κ1) is 20.8. The van der Waals surface area contributed by atoms with Crippen molar-refractivity contribution in [2.75, 3.05) is 6.54 Å². The normalized spacial score (nSPS) is 51.9. The van der Waals surface area contributed by atoms with Crippen molar-refractivity contribution in [2.24, 2.45) is 58.0 Å². The summed E-state index contributed by atoms with van der Waals surface area (Å²) in [5, 5.41) is 10.4. The molecule has 3 heteroatoms. The van der Waals surface area contributed by atoms with Gasteiger partial charge < -0.3 is 10.8 Å². The van der Waals surface area contributed by atoms with Crippen LogP contribution in [0.2, 0.25) is 0 Å². The highest BCUT2D eigenvalue weighted by molar-refractivity contribution is 5.86. The van der Waals surface area contributed by atoms with E-state index < -0.39 is 0 Å². The van der Waals surface area contributed by atoms with Crippen molar-refractivity contribution in [3.63, 3.8) is 0 Å². The van der Waals surface area contributed by atoms with Gasteiger partial charge in [0.1, 0.15) is 5.78 Å². The maximum atomic E-state index is 13.9. The third kappa shape index (κ3) is 2.86. The minimum Gasteiger partial charge on any atom is -0.393 e. The predicted molar refractivity (Wildman–Crippen MR) is 114 cm³/mol. The molecular weight excluding hydrogens is 346 g/mol. The molecule has 160 valence electrons. The molecule has 3 N–H and O–H groups in total. The molecule has 28 heavy (non-hydrogen) atoms. The Kier molecular flexibility index (Phi) is 5.49. The SMILES string of the molecule is CC[C@H]1C(=O)[C@@H]2[C@H](CC[C@]3(C)C([C@H](C)CCN)CC[C@@H]23)C2(C)CC[C@@H](O)CC12. The van der Waals surface area contributed by atoms with Gasteiger partial charge in [-0.05, 0) is 105 Å². The summed E-state index contributed by atoms with van der Waals surface area (Å²) < 4.78 is 0. The average molecular weight is 390 g/mol. The Morgan fingerprint density at radius 3 is 2.43 bits per heavy atom. The largest absolute Gasteiger partial charge is 0.393 e. The van der Waals surface area contributed by atoms with Gasteiger partial charge in [-0.15, -0.1) is 0 Å². The summed E-state index contributed by atoms with van der Waals surface area (Å²) >= 11 is 0. The maximum absolute atomic E-state index is 13.9. The van der Waals surface area contributed by atoms with E-state index in [1.165, 1.54) is 25.7 Å². The van der Waals surface area contributed by atoms with Crippen LogP contribution in [0.15, 0.2) is 0 Å². The highest BCUT2D eigenvalue weighted by atomic mass is 16.3. The molecule has 0 saturated heterocycles. The van der Waals surface area contributed by atoms with Crippen molar-refractivity contribution >= 4 is 5.78 Å². The standard InChI is InChI=1S/C25H43NO2/c1-5-17-21-14-16(27)8-11-25(21,4)20-9-12-24(3)18(15(2)10-13-26)6-7-19(24)22(20)23(17)28/h15-22,27H,5-14,26H2,1-4H3/t15-,16-,17-,18?,19+,20+,21?,22+,24-,25?/m1/s1. The van der Waals surface area contributed by atoms with E-state index in [0.717, 1.165) is 44.6 Å². The van der Waals surface area contributed by atoms with Crippen LogP contribution in [0.3, 0.4) is 0 Å². The predicted octanol–water partition coefficient (Wildman–Crippen LogP) is 4.81. The van der Waals surface area contributed by atoms with Crippen molar-refractivity contribution in [2.45, 2.75) is 91.6 Å². The van der Waals surface area contributed by atoms with Gasteiger partial charge in [-0.1, -0.05) is 27.7 Å². The van der Waals surface area contributed by atoms with Crippen LogP contribution in [0.5, 0.6) is 0 Å². The van der Waals surface area contributed by atoms with E-state index in [0.29, 0.717) is 34.9 Å². The lowest BCUT2D eigenvalue weighted by Gasteiger charge is -2.62. The van der Waals surface area contributed by atoms with Crippen LogP contribution in [-0.2, 0) is 4.79 Å². The summed E-state index contributed by atoms with van der Waals surface area (Å²) in [6.45, 7) is 10.4. The van der Waals surface area contributed by atoms with E-state index in [1.54, 1.807) is 0 Å². The first-order valence-corrected chi connectivity index (χ1v) is 12.2.